The van der Waals surface area contributed by atoms with Crippen LogP contribution < -0.4 is 5.32 Å². The molecule has 13 heavy (non-hydrogen) atoms. The van der Waals surface area contributed by atoms with Gasteiger partial charge in [0.2, 0.25) is 5.91 Å². The number of carbonyl (C=O) groups excluding carboxylic acids is 1. The fourth-order valence-corrected chi connectivity index (χ4v) is 2.25. The molecule has 0 aromatic heterocycles. The van der Waals surface area contributed by atoms with Crippen LogP contribution in [0.5, 0.6) is 0 Å². The average molecular weight is 181 g/mol. The number of allylic oxidation sites excluding steroid dienone is 1. The van der Waals surface area contributed by atoms with Crippen molar-refractivity contribution in [2.45, 2.75) is 32.1 Å². The highest BCUT2D eigenvalue weighted by Gasteiger charge is 2.27. The lowest BCUT2D eigenvalue weighted by atomic mass is 9.90. The quantitative estimate of drug-likeness (QED) is 0.661. The summed E-state index contributed by atoms with van der Waals surface area (Å²) in [5, 5.41) is 2.69. The number of carbonyl (C=O) groups is 1. The molecule has 1 fully saturated rings. The second kappa shape index (κ2) is 5.05. The molecule has 0 aliphatic heterocycles. The lowest BCUT2D eigenvalue weighted by Crippen LogP contribution is -2.22. The van der Waals surface area contributed by atoms with Crippen molar-refractivity contribution in [3.8, 4) is 0 Å². The summed E-state index contributed by atoms with van der Waals surface area (Å²) in [7, 11) is 1.71. The molecule has 1 amide bonds. The zero-order chi connectivity index (χ0) is 9.68. The van der Waals surface area contributed by atoms with Gasteiger partial charge in [0.15, 0.2) is 0 Å². The van der Waals surface area contributed by atoms with Gasteiger partial charge in [0, 0.05) is 13.5 Å². The van der Waals surface area contributed by atoms with E-state index in [-0.39, 0.29) is 5.91 Å². The van der Waals surface area contributed by atoms with Crippen LogP contribution in [0, 0.1) is 11.8 Å². The molecule has 1 N–H and O–H groups in total. The maximum absolute atomic E-state index is 11.2. The Morgan fingerprint density at radius 2 is 2.23 bits per heavy atom. The van der Waals surface area contributed by atoms with Crippen molar-refractivity contribution in [1.82, 2.24) is 5.32 Å². The predicted octanol–water partition coefficient (Wildman–Crippen LogP) is 2.11. The SMILES string of the molecule is C=CCC1CCCC1CC(=O)NC. The summed E-state index contributed by atoms with van der Waals surface area (Å²) < 4.78 is 0. The normalized spacial score (nSPS) is 27.2. The van der Waals surface area contributed by atoms with Crippen molar-refractivity contribution in [2.75, 3.05) is 7.05 Å². The van der Waals surface area contributed by atoms with Crippen molar-refractivity contribution >= 4 is 5.91 Å². The molecular formula is C11H19NO. The summed E-state index contributed by atoms with van der Waals surface area (Å²) in [6.07, 6.45) is 7.52. The van der Waals surface area contributed by atoms with Gasteiger partial charge in [0.1, 0.15) is 0 Å². The lowest BCUT2D eigenvalue weighted by molar-refractivity contribution is -0.121. The highest BCUT2D eigenvalue weighted by atomic mass is 16.1. The van der Waals surface area contributed by atoms with Crippen LogP contribution in [-0.4, -0.2) is 13.0 Å². The maximum atomic E-state index is 11.2. The lowest BCUT2D eigenvalue weighted by Gasteiger charge is -2.16. The van der Waals surface area contributed by atoms with Gasteiger partial charge in [-0.05, 0) is 31.1 Å². The molecule has 1 saturated carbocycles. The van der Waals surface area contributed by atoms with Crippen molar-refractivity contribution in [1.29, 1.82) is 0 Å². The van der Waals surface area contributed by atoms with Gasteiger partial charge in [-0.15, -0.1) is 6.58 Å². The number of nitrogens with one attached hydrogen (secondary N) is 1. The Balaban J connectivity index is 2.38. The highest BCUT2D eigenvalue weighted by Crippen LogP contribution is 2.36. The van der Waals surface area contributed by atoms with Crippen LogP contribution in [0.4, 0.5) is 0 Å². The molecule has 0 heterocycles. The second-order valence-electron chi connectivity index (χ2n) is 3.85. The van der Waals surface area contributed by atoms with Gasteiger partial charge in [-0.3, -0.25) is 4.79 Å². The standard InChI is InChI=1S/C11H19NO/c1-3-5-9-6-4-7-10(9)8-11(13)12-2/h3,9-10H,1,4-8H2,2H3,(H,12,13). The third-order valence-corrected chi connectivity index (χ3v) is 3.01. The maximum Gasteiger partial charge on any atom is 0.220 e. The van der Waals surface area contributed by atoms with E-state index in [0.717, 1.165) is 6.42 Å². The van der Waals surface area contributed by atoms with Gasteiger partial charge >= 0.3 is 0 Å². The fourth-order valence-electron chi connectivity index (χ4n) is 2.25. The Labute approximate surface area is 80.4 Å². The first kappa shape index (κ1) is 10.3. The van der Waals surface area contributed by atoms with Crippen LogP contribution >= 0.6 is 0 Å². The van der Waals surface area contributed by atoms with Crippen LogP contribution in [0.25, 0.3) is 0 Å². The molecule has 0 aromatic rings. The first-order chi connectivity index (χ1) is 6.27. The van der Waals surface area contributed by atoms with Gasteiger partial charge in [-0.1, -0.05) is 12.5 Å². The zero-order valence-electron chi connectivity index (χ0n) is 8.38. The van der Waals surface area contributed by atoms with Crippen LogP contribution in [-0.2, 0) is 4.79 Å². The van der Waals surface area contributed by atoms with Gasteiger partial charge in [-0.2, -0.15) is 0 Å². The van der Waals surface area contributed by atoms with Gasteiger partial charge in [0.05, 0.1) is 0 Å². The molecule has 1 rings (SSSR count). The first-order valence-corrected chi connectivity index (χ1v) is 5.09. The summed E-state index contributed by atoms with van der Waals surface area (Å²) in [5.74, 6) is 1.48. The molecule has 0 radical (unpaired) electrons. The Hall–Kier alpha value is -0.790. The molecule has 1 aliphatic rings. The molecule has 0 saturated heterocycles. The molecule has 1 aliphatic carbocycles. The fraction of sp³-hybridized carbons (Fsp3) is 0.727. The molecule has 0 aromatic carbocycles. The van der Waals surface area contributed by atoms with Crippen LogP contribution in [0.1, 0.15) is 32.1 Å². The minimum absolute atomic E-state index is 0.181. The Morgan fingerprint density at radius 1 is 1.54 bits per heavy atom. The van der Waals surface area contributed by atoms with E-state index in [9.17, 15) is 4.79 Å². The minimum atomic E-state index is 0.181. The van der Waals surface area contributed by atoms with Crippen LogP contribution in [0.15, 0.2) is 12.7 Å². The Bertz CT molecular complexity index is 189. The third-order valence-electron chi connectivity index (χ3n) is 3.01. The number of rotatable bonds is 4. The highest BCUT2D eigenvalue weighted by molar-refractivity contribution is 5.75. The van der Waals surface area contributed by atoms with Gasteiger partial charge < -0.3 is 5.32 Å². The summed E-state index contributed by atoms with van der Waals surface area (Å²) in [6.45, 7) is 3.76. The topological polar surface area (TPSA) is 29.1 Å². The second-order valence-corrected chi connectivity index (χ2v) is 3.85. The minimum Gasteiger partial charge on any atom is -0.359 e. The third kappa shape index (κ3) is 2.87. The summed E-state index contributed by atoms with van der Waals surface area (Å²) >= 11 is 0. The Morgan fingerprint density at radius 3 is 2.85 bits per heavy atom. The molecule has 2 heteroatoms. The van der Waals surface area contributed by atoms with Crippen molar-refractivity contribution in [2.24, 2.45) is 11.8 Å². The number of amides is 1. The van der Waals surface area contributed by atoms with E-state index >= 15 is 0 Å². The van der Waals surface area contributed by atoms with Gasteiger partial charge in [-0.25, -0.2) is 0 Å². The largest absolute Gasteiger partial charge is 0.359 e. The monoisotopic (exact) mass is 181 g/mol. The van der Waals surface area contributed by atoms with E-state index in [4.69, 9.17) is 0 Å². The smallest absolute Gasteiger partial charge is 0.220 e. The molecular weight excluding hydrogens is 162 g/mol. The van der Waals surface area contributed by atoms with Crippen LogP contribution in [0.2, 0.25) is 0 Å². The van der Waals surface area contributed by atoms with Gasteiger partial charge in [0.25, 0.3) is 0 Å². The van der Waals surface area contributed by atoms with Crippen LogP contribution in [0.3, 0.4) is 0 Å². The van der Waals surface area contributed by atoms with E-state index in [1.54, 1.807) is 7.05 Å². The number of hydrogen-bond donors (Lipinski definition) is 1. The molecule has 0 spiro atoms. The summed E-state index contributed by atoms with van der Waals surface area (Å²) in [5.41, 5.74) is 0. The predicted molar refractivity (Wildman–Crippen MR) is 54.3 cm³/mol. The average Bonchev–Trinajstić information content (AvgIpc) is 2.54. The first-order valence-electron chi connectivity index (χ1n) is 5.09. The van der Waals surface area contributed by atoms with E-state index < -0.39 is 0 Å². The van der Waals surface area contributed by atoms with Crippen molar-refractivity contribution in [3.63, 3.8) is 0 Å². The van der Waals surface area contributed by atoms with E-state index in [2.05, 4.69) is 11.9 Å². The van der Waals surface area contributed by atoms with Crippen molar-refractivity contribution in [3.05, 3.63) is 12.7 Å². The molecule has 0 bridgehead atoms. The molecule has 2 nitrogen and oxygen atoms in total. The zero-order valence-corrected chi connectivity index (χ0v) is 8.38. The Kier molecular flexibility index (Phi) is 4.00. The summed E-state index contributed by atoms with van der Waals surface area (Å²) in [4.78, 5) is 11.2. The molecule has 2 unspecified atom stereocenters. The number of hydrogen-bond acceptors (Lipinski definition) is 1. The summed E-state index contributed by atoms with van der Waals surface area (Å²) in [6, 6.07) is 0. The molecule has 2 atom stereocenters. The molecule has 74 valence electrons. The van der Waals surface area contributed by atoms with Crippen molar-refractivity contribution < 1.29 is 4.79 Å². The van der Waals surface area contributed by atoms with E-state index in [1.807, 2.05) is 6.08 Å². The van der Waals surface area contributed by atoms with E-state index in [1.165, 1.54) is 19.3 Å². The van der Waals surface area contributed by atoms with E-state index in [0.29, 0.717) is 18.3 Å².